The number of nitrogens with one attached hydrogen (secondary N) is 3. The Balaban J connectivity index is 2.14. The molecule has 2 aromatic heterocycles. The first kappa shape index (κ1) is 22.6. The zero-order chi connectivity index (χ0) is 23.3. The molecule has 2 heterocycles. The smallest absolute Gasteiger partial charge is 0.320 e. The third-order valence-corrected chi connectivity index (χ3v) is 4.30. The highest BCUT2D eigenvalue weighted by Gasteiger charge is 2.18. The Hall–Kier alpha value is -4.06. The molecule has 2 amide bonds. The Labute approximate surface area is 187 Å². The summed E-state index contributed by atoms with van der Waals surface area (Å²) in [6, 6.07) is 6.90. The molecule has 0 saturated carbocycles. The minimum absolute atomic E-state index is 0.284. The number of methoxy groups -OCH3 is 2. The van der Waals surface area contributed by atoms with Crippen molar-refractivity contribution in [1.82, 2.24) is 20.3 Å². The SMILES string of the molecule is C#CCNc1ncc2cc(-c3cc(OC)cc(OC)c3)c(NC(=O)NC(C)(C)C)nc2n1. The molecule has 0 aliphatic heterocycles. The van der Waals surface area contributed by atoms with E-state index >= 15 is 0 Å². The first-order chi connectivity index (χ1) is 15.2. The number of hydrogen-bond acceptors (Lipinski definition) is 7. The second-order valence-electron chi connectivity index (χ2n) is 7.98. The lowest BCUT2D eigenvalue weighted by atomic mass is 10.0. The minimum atomic E-state index is -0.422. The molecule has 0 bridgehead atoms. The average Bonchev–Trinajstić information content (AvgIpc) is 2.75. The Morgan fingerprint density at radius 3 is 2.38 bits per heavy atom. The molecule has 1 aromatic carbocycles. The maximum Gasteiger partial charge on any atom is 0.320 e. The van der Waals surface area contributed by atoms with Crippen LogP contribution in [0.1, 0.15) is 20.8 Å². The van der Waals surface area contributed by atoms with Gasteiger partial charge in [0.15, 0.2) is 5.65 Å². The summed E-state index contributed by atoms with van der Waals surface area (Å²) in [4.78, 5) is 25.9. The van der Waals surface area contributed by atoms with Crippen LogP contribution in [0, 0.1) is 12.3 Å². The topological polar surface area (TPSA) is 110 Å². The minimum Gasteiger partial charge on any atom is -0.497 e. The summed E-state index contributed by atoms with van der Waals surface area (Å²) in [5.74, 6) is 4.37. The zero-order valence-corrected chi connectivity index (χ0v) is 18.7. The molecule has 3 N–H and O–H groups in total. The third kappa shape index (κ3) is 5.55. The number of urea groups is 1. The molecule has 0 aliphatic rings. The van der Waals surface area contributed by atoms with Crippen LogP contribution in [0.15, 0.2) is 30.5 Å². The molecule has 0 aliphatic carbocycles. The Bertz CT molecular complexity index is 1160. The van der Waals surface area contributed by atoms with Crippen molar-refractivity contribution in [2.45, 2.75) is 26.3 Å². The monoisotopic (exact) mass is 434 g/mol. The van der Waals surface area contributed by atoms with Gasteiger partial charge >= 0.3 is 6.03 Å². The van der Waals surface area contributed by atoms with Crippen LogP contribution in [-0.2, 0) is 0 Å². The number of pyridine rings is 1. The fourth-order valence-electron chi connectivity index (χ4n) is 2.94. The quantitative estimate of drug-likeness (QED) is 0.508. The standard InChI is InChI=1S/C23H26N6O3/c1-7-8-24-21-25-13-15-11-18(14-9-16(31-5)12-17(10-14)32-6)20(26-19(15)27-21)28-22(30)29-23(2,3)4/h1,9-13H,8H2,2-6H3,(H3,24,25,26,27,28,29,30). The van der Waals surface area contributed by atoms with E-state index in [4.69, 9.17) is 15.9 Å². The predicted octanol–water partition coefficient (Wildman–Crippen LogP) is 3.67. The van der Waals surface area contributed by atoms with Crippen LogP contribution in [0.2, 0.25) is 0 Å². The molecule has 0 saturated heterocycles. The molecule has 9 heteroatoms. The van der Waals surface area contributed by atoms with E-state index in [-0.39, 0.29) is 12.6 Å². The number of terminal acetylenes is 1. The van der Waals surface area contributed by atoms with E-state index < -0.39 is 5.54 Å². The number of aromatic nitrogens is 3. The second-order valence-corrected chi connectivity index (χ2v) is 7.98. The molecule has 0 fully saturated rings. The van der Waals surface area contributed by atoms with Crippen LogP contribution in [0.4, 0.5) is 16.6 Å². The fourth-order valence-corrected chi connectivity index (χ4v) is 2.94. The summed E-state index contributed by atoms with van der Waals surface area (Å²) in [6.45, 7) is 5.97. The van der Waals surface area contributed by atoms with E-state index in [2.05, 4.69) is 36.8 Å². The van der Waals surface area contributed by atoms with Gasteiger partial charge in [0.25, 0.3) is 0 Å². The van der Waals surface area contributed by atoms with Crippen molar-refractivity contribution >= 4 is 28.8 Å². The largest absolute Gasteiger partial charge is 0.497 e. The van der Waals surface area contributed by atoms with Gasteiger partial charge in [-0.2, -0.15) is 4.98 Å². The Morgan fingerprint density at radius 2 is 1.78 bits per heavy atom. The van der Waals surface area contributed by atoms with Crippen molar-refractivity contribution in [1.29, 1.82) is 0 Å². The van der Waals surface area contributed by atoms with Gasteiger partial charge in [-0.15, -0.1) is 6.42 Å². The van der Waals surface area contributed by atoms with Gasteiger partial charge in [0.2, 0.25) is 5.95 Å². The van der Waals surface area contributed by atoms with Gasteiger partial charge in [0.05, 0.1) is 20.8 Å². The van der Waals surface area contributed by atoms with Gasteiger partial charge < -0.3 is 20.1 Å². The van der Waals surface area contributed by atoms with Crippen LogP contribution < -0.4 is 25.4 Å². The highest BCUT2D eigenvalue weighted by molar-refractivity contribution is 5.96. The molecule has 166 valence electrons. The summed E-state index contributed by atoms with van der Waals surface area (Å²) in [5, 5.41) is 9.32. The number of rotatable bonds is 6. The lowest BCUT2D eigenvalue weighted by Gasteiger charge is -2.21. The number of hydrogen-bond donors (Lipinski definition) is 3. The number of carbonyl (C=O) groups is 1. The first-order valence-electron chi connectivity index (χ1n) is 9.90. The number of ether oxygens (including phenoxy) is 2. The normalized spacial score (nSPS) is 10.9. The zero-order valence-electron chi connectivity index (χ0n) is 18.7. The number of amides is 2. The summed E-state index contributed by atoms with van der Waals surface area (Å²) in [5.41, 5.74) is 1.39. The maximum absolute atomic E-state index is 12.6. The van der Waals surface area contributed by atoms with Crippen molar-refractivity contribution in [3.05, 3.63) is 30.5 Å². The number of benzene rings is 1. The number of carbonyl (C=O) groups excluding carboxylic acids is 1. The molecule has 0 spiro atoms. The molecule has 0 radical (unpaired) electrons. The molecule has 32 heavy (non-hydrogen) atoms. The second kappa shape index (κ2) is 9.39. The number of anilines is 2. The van der Waals surface area contributed by atoms with Crippen molar-refractivity contribution in [2.24, 2.45) is 0 Å². The molecular formula is C23H26N6O3. The van der Waals surface area contributed by atoms with Gasteiger partial charge in [-0.3, -0.25) is 5.32 Å². The average molecular weight is 435 g/mol. The van der Waals surface area contributed by atoms with Gasteiger partial charge in [-0.25, -0.2) is 14.8 Å². The van der Waals surface area contributed by atoms with E-state index in [1.807, 2.05) is 39.0 Å². The van der Waals surface area contributed by atoms with E-state index in [0.29, 0.717) is 39.9 Å². The van der Waals surface area contributed by atoms with E-state index in [1.165, 1.54) is 0 Å². The summed E-state index contributed by atoms with van der Waals surface area (Å²) in [6.07, 6.45) is 6.94. The Kier molecular flexibility index (Phi) is 6.64. The van der Waals surface area contributed by atoms with Crippen LogP contribution in [0.25, 0.3) is 22.2 Å². The van der Waals surface area contributed by atoms with Crippen molar-refractivity contribution in [2.75, 3.05) is 31.4 Å². The Morgan fingerprint density at radius 1 is 1.09 bits per heavy atom. The molecule has 9 nitrogen and oxygen atoms in total. The van der Waals surface area contributed by atoms with Crippen LogP contribution in [0.5, 0.6) is 11.5 Å². The fraction of sp³-hybridized carbons (Fsp3) is 0.304. The van der Waals surface area contributed by atoms with Crippen molar-refractivity contribution < 1.29 is 14.3 Å². The van der Waals surface area contributed by atoms with E-state index in [9.17, 15) is 4.79 Å². The maximum atomic E-state index is 12.6. The molecule has 3 aromatic rings. The van der Waals surface area contributed by atoms with Gasteiger partial charge in [-0.05, 0) is 44.5 Å². The number of nitrogens with zero attached hydrogens (tertiary/aromatic N) is 3. The number of fused-ring (bicyclic) bond motifs is 1. The molecular weight excluding hydrogens is 408 g/mol. The lowest BCUT2D eigenvalue weighted by Crippen LogP contribution is -2.43. The van der Waals surface area contributed by atoms with Gasteiger partial charge in [0.1, 0.15) is 17.3 Å². The van der Waals surface area contributed by atoms with Crippen molar-refractivity contribution in [3.63, 3.8) is 0 Å². The highest BCUT2D eigenvalue weighted by atomic mass is 16.5. The first-order valence-corrected chi connectivity index (χ1v) is 9.90. The predicted molar refractivity (Wildman–Crippen MR) is 125 cm³/mol. The molecule has 3 rings (SSSR count). The van der Waals surface area contributed by atoms with Crippen LogP contribution in [-0.4, -0.2) is 47.3 Å². The molecule has 0 atom stereocenters. The summed E-state index contributed by atoms with van der Waals surface area (Å²) in [7, 11) is 3.15. The summed E-state index contributed by atoms with van der Waals surface area (Å²) < 4.78 is 10.8. The van der Waals surface area contributed by atoms with Crippen LogP contribution >= 0.6 is 0 Å². The summed E-state index contributed by atoms with van der Waals surface area (Å²) >= 11 is 0. The lowest BCUT2D eigenvalue weighted by molar-refractivity contribution is 0.243. The van der Waals surface area contributed by atoms with Gasteiger partial charge in [-0.1, -0.05) is 5.92 Å². The van der Waals surface area contributed by atoms with E-state index in [1.54, 1.807) is 26.5 Å². The van der Waals surface area contributed by atoms with Gasteiger partial charge in [0, 0.05) is 28.8 Å². The van der Waals surface area contributed by atoms with E-state index in [0.717, 1.165) is 5.56 Å². The van der Waals surface area contributed by atoms with Crippen LogP contribution in [0.3, 0.4) is 0 Å². The third-order valence-electron chi connectivity index (χ3n) is 4.30. The van der Waals surface area contributed by atoms with Crippen molar-refractivity contribution in [3.8, 4) is 35.0 Å². The molecule has 0 unspecified atom stereocenters. The highest BCUT2D eigenvalue weighted by Crippen LogP contribution is 2.35.